The molecule has 1 saturated heterocycles. The summed E-state index contributed by atoms with van der Waals surface area (Å²) < 4.78 is 7.28. The van der Waals surface area contributed by atoms with Crippen molar-refractivity contribution >= 4 is 33.1 Å². The van der Waals surface area contributed by atoms with E-state index >= 15 is 0 Å². The molecule has 1 fully saturated rings. The Morgan fingerprint density at radius 2 is 1.97 bits per heavy atom. The third-order valence-corrected chi connectivity index (χ3v) is 7.78. The van der Waals surface area contributed by atoms with Crippen molar-refractivity contribution in [1.82, 2.24) is 25.0 Å². The van der Waals surface area contributed by atoms with Gasteiger partial charge in [-0.25, -0.2) is 0 Å². The van der Waals surface area contributed by atoms with Gasteiger partial charge in [0.25, 0.3) is 5.78 Å². The molecule has 1 aromatic carbocycles. The van der Waals surface area contributed by atoms with Crippen molar-refractivity contribution < 1.29 is 14.5 Å². The number of anilines is 1. The third-order valence-electron chi connectivity index (χ3n) is 6.57. The number of tetrazole rings is 1. The average Bonchev–Trinajstić information content (AvgIpc) is 3.44. The molecule has 2 aliphatic heterocycles. The third kappa shape index (κ3) is 3.83. The maximum atomic E-state index is 5.48. The van der Waals surface area contributed by atoms with Crippen molar-refractivity contribution in [3.8, 4) is 0 Å². The van der Waals surface area contributed by atoms with Gasteiger partial charge in [-0.05, 0) is 16.0 Å². The molecule has 0 aliphatic carbocycles. The summed E-state index contributed by atoms with van der Waals surface area (Å²) in [5.41, 5.74) is 2.82. The lowest BCUT2D eigenvalue weighted by Gasteiger charge is -2.24. The second-order valence-electron chi connectivity index (χ2n) is 8.66. The van der Waals surface area contributed by atoms with Gasteiger partial charge in [-0.15, -0.1) is 11.3 Å². The Morgan fingerprint density at radius 1 is 1.09 bits per heavy atom. The quantitative estimate of drug-likeness (QED) is 0.355. The summed E-state index contributed by atoms with van der Waals surface area (Å²) in [7, 11) is 0. The molecule has 32 heavy (non-hydrogen) atoms. The molecular formula is C22H28N8OS+2. The van der Waals surface area contributed by atoms with E-state index in [2.05, 4.69) is 51.2 Å². The fraction of sp³-hybridized carbons (Fsp3) is 0.455. The monoisotopic (exact) mass is 452 g/mol. The number of rotatable bonds is 6. The van der Waals surface area contributed by atoms with Crippen LogP contribution in [0, 0.1) is 0 Å². The van der Waals surface area contributed by atoms with Crippen LogP contribution >= 0.6 is 11.3 Å². The van der Waals surface area contributed by atoms with Crippen LogP contribution in [0.25, 0.3) is 16.0 Å². The van der Waals surface area contributed by atoms with Gasteiger partial charge in [0, 0.05) is 12.0 Å². The average molecular weight is 453 g/mol. The predicted molar refractivity (Wildman–Crippen MR) is 122 cm³/mol. The van der Waals surface area contributed by atoms with Gasteiger partial charge >= 0.3 is 0 Å². The van der Waals surface area contributed by atoms with Crippen molar-refractivity contribution in [1.29, 1.82) is 0 Å². The van der Waals surface area contributed by atoms with E-state index in [0.717, 1.165) is 76.1 Å². The van der Waals surface area contributed by atoms with Gasteiger partial charge < -0.3 is 19.9 Å². The first-order chi connectivity index (χ1) is 15.8. The van der Waals surface area contributed by atoms with E-state index in [0.29, 0.717) is 5.78 Å². The van der Waals surface area contributed by atoms with E-state index in [1.54, 1.807) is 14.3 Å². The maximum absolute atomic E-state index is 5.48. The molecule has 3 N–H and O–H groups in total. The van der Waals surface area contributed by atoms with E-state index in [9.17, 15) is 0 Å². The van der Waals surface area contributed by atoms with Gasteiger partial charge in [0.1, 0.15) is 36.8 Å². The molecule has 0 spiro atoms. The van der Waals surface area contributed by atoms with Gasteiger partial charge in [-0.3, -0.25) is 0 Å². The minimum Gasteiger partial charge on any atom is -0.370 e. The number of morpholine rings is 1. The van der Waals surface area contributed by atoms with Crippen LogP contribution in [0.4, 0.5) is 5.82 Å². The largest absolute Gasteiger partial charge is 0.370 e. The van der Waals surface area contributed by atoms with Crippen LogP contribution in [-0.2, 0) is 24.2 Å². The molecule has 1 unspecified atom stereocenters. The molecular weight excluding hydrogens is 424 g/mol. The Morgan fingerprint density at radius 3 is 2.84 bits per heavy atom. The van der Waals surface area contributed by atoms with E-state index in [1.165, 1.54) is 21.4 Å². The van der Waals surface area contributed by atoms with Crippen molar-refractivity contribution in [2.24, 2.45) is 0 Å². The summed E-state index contributed by atoms with van der Waals surface area (Å²) in [4.78, 5) is 10.5. The van der Waals surface area contributed by atoms with Crippen LogP contribution < -0.4 is 15.1 Å². The highest BCUT2D eigenvalue weighted by Gasteiger charge is 2.28. The number of fused-ring (bicyclic) bond motifs is 5. The Hall–Kier alpha value is -2.66. The lowest BCUT2D eigenvalue weighted by atomic mass is 10.0. The van der Waals surface area contributed by atoms with E-state index in [-0.39, 0.29) is 0 Å². The van der Waals surface area contributed by atoms with Crippen molar-refractivity contribution in [2.75, 3.05) is 51.3 Å². The van der Waals surface area contributed by atoms with E-state index in [4.69, 9.17) is 9.72 Å². The number of ether oxygens (including phenoxy) is 1. The summed E-state index contributed by atoms with van der Waals surface area (Å²) in [5, 5.41) is 17.1. The highest BCUT2D eigenvalue weighted by atomic mass is 32.1. The fourth-order valence-corrected chi connectivity index (χ4v) is 6.25. The molecule has 1 atom stereocenters. The number of nitrogens with one attached hydrogen (secondary N) is 3. The zero-order valence-electron chi connectivity index (χ0n) is 18.0. The minimum atomic E-state index is 0.561. The Kier molecular flexibility index (Phi) is 5.43. The summed E-state index contributed by atoms with van der Waals surface area (Å²) in [6, 6.07) is 10.8. The van der Waals surface area contributed by atoms with Gasteiger partial charge in [-0.2, -0.15) is 9.50 Å². The molecule has 5 heterocycles. The standard InChI is InChI=1S/C22H26N8OS/c1-2-4-16(5-3-1)14-29-8-6-17-18(15-29)32-21-19(17)20(24-22-25-26-27-30(21)22)23-7-9-28-10-12-31-13-11-28/h1-5H,6-15H2,(H,23,24,25,27)/p+2. The van der Waals surface area contributed by atoms with Gasteiger partial charge in [-0.1, -0.05) is 35.4 Å². The molecule has 3 aromatic heterocycles. The lowest BCUT2D eigenvalue weighted by Crippen LogP contribution is -3.14. The van der Waals surface area contributed by atoms with E-state index in [1.807, 2.05) is 11.3 Å². The normalized spacial score (nSPS) is 19.4. The predicted octanol–water partition coefficient (Wildman–Crippen LogP) is -0.798. The van der Waals surface area contributed by atoms with Crippen molar-refractivity contribution in [3.05, 3.63) is 46.3 Å². The van der Waals surface area contributed by atoms with Gasteiger partial charge in [0.05, 0.1) is 43.1 Å². The first-order valence-electron chi connectivity index (χ1n) is 11.4. The van der Waals surface area contributed by atoms with Crippen molar-refractivity contribution in [3.63, 3.8) is 0 Å². The van der Waals surface area contributed by atoms with Crippen molar-refractivity contribution in [2.45, 2.75) is 19.5 Å². The number of hydrogen-bond acceptors (Lipinski definition) is 7. The van der Waals surface area contributed by atoms with Crippen LogP contribution in [0.15, 0.2) is 30.3 Å². The zero-order chi connectivity index (χ0) is 21.3. The van der Waals surface area contributed by atoms with Gasteiger partial charge in [0.15, 0.2) is 0 Å². The molecule has 0 radical (unpaired) electrons. The number of nitrogens with zero attached hydrogens (tertiary/aromatic N) is 5. The maximum Gasteiger partial charge on any atom is 0.276 e. The molecule has 0 amide bonds. The Balaban J connectivity index is 1.28. The summed E-state index contributed by atoms with van der Waals surface area (Å²) >= 11 is 1.82. The Bertz CT molecular complexity index is 1220. The Labute approximate surface area is 190 Å². The SMILES string of the molecule is c1ccc(C[NH+]2CCc3c(sc4c3c(NCC[NH+]3CCOCC3)nc3nnnn34)C2)cc1. The molecule has 4 aromatic rings. The molecule has 0 saturated carbocycles. The highest BCUT2D eigenvalue weighted by Crippen LogP contribution is 2.36. The second-order valence-corrected chi connectivity index (χ2v) is 9.75. The van der Waals surface area contributed by atoms with Crippen LogP contribution in [-0.4, -0.2) is 71.0 Å². The second kappa shape index (κ2) is 8.70. The topological polar surface area (TPSA) is 86.1 Å². The number of hydrogen-bond donors (Lipinski definition) is 3. The lowest BCUT2D eigenvalue weighted by molar-refractivity contribution is -0.929. The van der Waals surface area contributed by atoms with Crippen LogP contribution in [0.3, 0.4) is 0 Å². The zero-order valence-corrected chi connectivity index (χ0v) is 18.8. The molecule has 10 heteroatoms. The van der Waals surface area contributed by atoms with Gasteiger partial charge in [0.2, 0.25) is 0 Å². The number of thiophene rings is 1. The summed E-state index contributed by atoms with van der Waals surface area (Å²) in [5.74, 6) is 1.49. The molecule has 166 valence electrons. The first-order valence-corrected chi connectivity index (χ1v) is 12.2. The first kappa shape index (κ1) is 20.0. The minimum absolute atomic E-state index is 0.561. The molecule has 6 rings (SSSR count). The number of benzene rings is 1. The van der Waals surface area contributed by atoms with E-state index < -0.39 is 0 Å². The smallest absolute Gasteiger partial charge is 0.276 e. The fourth-order valence-electron chi connectivity index (χ4n) is 4.89. The van der Waals surface area contributed by atoms with Crippen LogP contribution in [0.5, 0.6) is 0 Å². The summed E-state index contributed by atoms with van der Waals surface area (Å²) in [6.07, 6.45) is 1.05. The number of quaternary nitrogens is 2. The molecule has 0 bridgehead atoms. The number of aromatic nitrogens is 5. The highest BCUT2D eigenvalue weighted by molar-refractivity contribution is 7.19. The van der Waals surface area contributed by atoms with Crippen LogP contribution in [0.2, 0.25) is 0 Å². The summed E-state index contributed by atoms with van der Waals surface area (Å²) in [6.45, 7) is 9.01. The molecule has 9 nitrogen and oxygen atoms in total. The molecule has 2 aliphatic rings. The van der Waals surface area contributed by atoms with Crippen LogP contribution in [0.1, 0.15) is 16.0 Å².